The topological polar surface area (TPSA) is 59.4 Å². The third-order valence-electron chi connectivity index (χ3n) is 3.85. The summed E-state index contributed by atoms with van der Waals surface area (Å²) in [7, 11) is 0. The van der Waals surface area contributed by atoms with Crippen molar-refractivity contribution in [1.82, 2.24) is 4.98 Å². The van der Waals surface area contributed by atoms with Crippen LogP contribution in [0.25, 0.3) is 11.1 Å². The van der Waals surface area contributed by atoms with E-state index in [4.69, 9.17) is 9.84 Å². The number of pyridine rings is 1. The third-order valence-corrected chi connectivity index (χ3v) is 3.85. The lowest BCUT2D eigenvalue weighted by atomic mass is 9.98. The van der Waals surface area contributed by atoms with Crippen molar-refractivity contribution in [3.05, 3.63) is 83.6 Å². The summed E-state index contributed by atoms with van der Waals surface area (Å²) in [5.41, 5.74) is -0.447. The maximum Gasteiger partial charge on any atom is 0.417 e. The number of carbonyl (C=O) groups is 1. The van der Waals surface area contributed by atoms with Gasteiger partial charge in [-0.05, 0) is 29.3 Å². The van der Waals surface area contributed by atoms with Crippen LogP contribution in [0.3, 0.4) is 0 Å². The van der Waals surface area contributed by atoms with Gasteiger partial charge < -0.3 is 9.84 Å². The molecule has 2 aromatic carbocycles. The zero-order valence-electron chi connectivity index (χ0n) is 13.9. The summed E-state index contributed by atoms with van der Waals surface area (Å²) in [6.45, 7) is 0.286. The summed E-state index contributed by atoms with van der Waals surface area (Å²) < 4.78 is 45.5. The fourth-order valence-electron chi connectivity index (χ4n) is 2.52. The number of carboxylic acids is 1. The van der Waals surface area contributed by atoms with Crippen molar-refractivity contribution in [3.8, 4) is 17.0 Å². The number of hydrogen-bond donors (Lipinski definition) is 1. The minimum absolute atomic E-state index is 0.144. The quantitative estimate of drug-likeness (QED) is 0.680. The van der Waals surface area contributed by atoms with E-state index in [2.05, 4.69) is 4.98 Å². The van der Waals surface area contributed by atoms with Gasteiger partial charge in [0.15, 0.2) is 0 Å². The van der Waals surface area contributed by atoms with E-state index in [1.807, 2.05) is 30.3 Å². The highest BCUT2D eigenvalue weighted by Crippen LogP contribution is 2.37. The van der Waals surface area contributed by atoms with Crippen LogP contribution in [0.15, 0.2) is 66.9 Å². The molecule has 1 heterocycles. The van der Waals surface area contributed by atoms with Crippen molar-refractivity contribution in [2.24, 2.45) is 0 Å². The lowest BCUT2D eigenvalue weighted by Crippen LogP contribution is -2.09. The average molecular weight is 373 g/mol. The van der Waals surface area contributed by atoms with E-state index < -0.39 is 23.3 Å². The molecule has 7 heteroatoms. The summed E-state index contributed by atoms with van der Waals surface area (Å²) in [6.07, 6.45) is -3.42. The van der Waals surface area contributed by atoms with Gasteiger partial charge in [0.05, 0.1) is 11.1 Å². The number of benzene rings is 2. The van der Waals surface area contributed by atoms with E-state index in [-0.39, 0.29) is 23.6 Å². The number of ether oxygens (including phenoxy) is 1. The normalized spacial score (nSPS) is 11.2. The summed E-state index contributed by atoms with van der Waals surface area (Å²) >= 11 is 0. The van der Waals surface area contributed by atoms with Crippen LogP contribution >= 0.6 is 0 Å². The second-order valence-electron chi connectivity index (χ2n) is 5.72. The first-order valence-electron chi connectivity index (χ1n) is 7.92. The van der Waals surface area contributed by atoms with Gasteiger partial charge in [-0.1, -0.05) is 36.4 Å². The molecule has 1 aromatic heterocycles. The minimum Gasteiger partial charge on any atom is -0.478 e. The van der Waals surface area contributed by atoms with Crippen LogP contribution in [-0.4, -0.2) is 16.1 Å². The lowest BCUT2D eigenvalue weighted by Gasteiger charge is -2.14. The van der Waals surface area contributed by atoms with Crippen molar-refractivity contribution >= 4 is 5.97 Å². The molecule has 0 amide bonds. The Morgan fingerprint density at radius 2 is 1.78 bits per heavy atom. The van der Waals surface area contributed by atoms with Gasteiger partial charge in [-0.3, -0.25) is 0 Å². The van der Waals surface area contributed by atoms with E-state index in [1.54, 1.807) is 0 Å². The number of hydrogen-bond acceptors (Lipinski definition) is 3. The van der Waals surface area contributed by atoms with Gasteiger partial charge in [-0.15, -0.1) is 0 Å². The molecule has 0 radical (unpaired) electrons. The molecule has 0 bridgehead atoms. The maximum atomic E-state index is 13.3. The third kappa shape index (κ3) is 4.44. The van der Waals surface area contributed by atoms with E-state index >= 15 is 0 Å². The second-order valence-corrected chi connectivity index (χ2v) is 5.72. The highest BCUT2D eigenvalue weighted by Gasteiger charge is 2.34. The smallest absolute Gasteiger partial charge is 0.417 e. The van der Waals surface area contributed by atoms with E-state index in [0.29, 0.717) is 6.07 Å². The van der Waals surface area contributed by atoms with Gasteiger partial charge in [-0.25, -0.2) is 9.78 Å². The number of nitrogens with zero attached hydrogens (tertiary/aromatic N) is 1. The fraction of sp³-hybridized carbons (Fsp3) is 0.100. The van der Waals surface area contributed by atoms with Crippen LogP contribution in [0.2, 0.25) is 0 Å². The van der Waals surface area contributed by atoms with E-state index in [9.17, 15) is 18.0 Å². The van der Waals surface area contributed by atoms with Gasteiger partial charge in [0, 0.05) is 17.8 Å². The summed E-state index contributed by atoms with van der Waals surface area (Å²) in [5, 5.41) is 8.93. The summed E-state index contributed by atoms with van der Waals surface area (Å²) in [4.78, 5) is 15.0. The van der Waals surface area contributed by atoms with Crippen molar-refractivity contribution in [2.45, 2.75) is 12.8 Å². The van der Waals surface area contributed by atoms with Gasteiger partial charge in [-0.2, -0.15) is 13.2 Å². The molecule has 0 aliphatic rings. The van der Waals surface area contributed by atoms with Gasteiger partial charge in [0.2, 0.25) is 5.88 Å². The van der Waals surface area contributed by atoms with Crippen LogP contribution in [0.4, 0.5) is 13.2 Å². The molecule has 0 spiro atoms. The van der Waals surface area contributed by atoms with Gasteiger partial charge >= 0.3 is 12.1 Å². The second kappa shape index (κ2) is 7.49. The first-order chi connectivity index (χ1) is 12.8. The van der Waals surface area contributed by atoms with E-state index in [0.717, 1.165) is 17.7 Å². The molecule has 0 saturated carbocycles. The molecule has 0 aliphatic carbocycles. The zero-order chi connectivity index (χ0) is 19.4. The standard InChI is InChI=1S/C20H14F3NO3/c21-20(22,23)17-10-14(19(25)26)6-8-16(17)15-7-9-18(24-11-15)27-12-13-4-2-1-3-5-13/h1-11H,12H2,(H,25,26). The molecule has 138 valence electrons. The fourth-order valence-corrected chi connectivity index (χ4v) is 2.52. The SMILES string of the molecule is O=C(O)c1ccc(-c2ccc(OCc3ccccc3)nc2)c(C(F)(F)F)c1. The Bertz CT molecular complexity index is 939. The lowest BCUT2D eigenvalue weighted by molar-refractivity contribution is -0.137. The first kappa shape index (κ1) is 18.4. The molecule has 3 aromatic rings. The summed E-state index contributed by atoms with van der Waals surface area (Å²) in [6, 6.07) is 15.2. The summed E-state index contributed by atoms with van der Waals surface area (Å²) in [5.74, 6) is -1.15. The number of halogens is 3. The molecule has 3 rings (SSSR count). The average Bonchev–Trinajstić information content (AvgIpc) is 2.66. The van der Waals surface area contributed by atoms with Crippen molar-refractivity contribution in [1.29, 1.82) is 0 Å². The Hall–Kier alpha value is -3.35. The number of aromatic carboxylic acids is 1. The molecule has 4 nitrogen and oxygen atoms in total. The Balaban J connectivity index is 1.85. The molecule has 0 fully saturated rings. The molecule has 0 aliphatic heterocycles. The van der Waals surface area contributed by atoms with Crippen LogP contribution < -0.4 is 4.74 Å². The Morgan fingerprint density at radius 3 is 2.37 bits per heavy atom. The molecule has 27 heavy (non-hydrogen) atoms. The Labute approximate surface area is 152 Å². The highest BCUT2D eigenvalue weighted by atomic mass is 19.4. The highest BCUT2D eigenvalue weighted by molar-refractivity contribution is 5.89. The number of aromatic nitrogens is 1. The Kier molecular flexibility index (Phi) is 5.12. The van der Waals surface area contributed by atoms with Crippen molar-refractivity contribution in [2.75, 3.05) is 0 Å². The van der Waals surface area contributed by atoms with Crippen LogP contribution in [0.5, 0.6) is 5.88 Å². The van der Waals surface area contributed by atoms with Crippen LogP contribution in [0, 0.1) is 0 Å². The van der Waals surface area contributed by atoms with Crippen molar-refractivity contribution < 1.29 is 27.8 Å². The van der Waals surface area contributed by atoms with Gasteiger partial charge in [0.1, 0.15) is 6.61 Å². The minimum atomic E-state index is -4.69. The predicted molar refractivity (Wildman–Crippen MR) is 92.4 cm³/mol. The largest absolute Gasteiger partial charge is 0.478 e. The number of alkyl halides is 3. The number of rotatable bonds is 5. The number of carboxylic acid groups (broad SMARTS) is 1. The predicted octanol–water partition coefficient (Wildman–Crippen LogP) is 5.04. The van der Waals surface area contributed by atoms with Crippen LogP contribution in [-0.2, 0) is 12.8 Å². The van der Waals surface area contributed by atoms with Crippen molar-refractivity contribution in [3.63, 3.8) is 0 Å². The molecular formula is C20H14F3NO3. The van der Waals surface area contributed by atoms with Gasteiger partial charge in [0.25, 0.3) is 0 Å². The molecule has 0 saturated heterocycles. The zero-order valence-corrected chi connectivity index (χ0v) is 13.9. The molecule has 1 N–H and O–H groups in total. The molecule has 0 atom stereocenters. The first-order valence-corrected chi connectivity index (χ1v) is 7.92. The Morgan fingerprint density at radius 1 is 1.04 bits per heavy atom. The van der Waals surface area contributed by atoms with Crippen LogP contribution in [0.1, 0.15) is 21.5 Å². The molecular weight excluding hydrogens is 359 g/mol. The maximum absolute atomic E-state index is 13.3. The molecule has 0 unspecified atom stereocenters. The monoisotopic (exact) mass is 373 g/mol. The van der Waals surface area contributed by atoms with E-state index in [1.165, 1.54) is 18.3 Å².